The zero-order chi connectivity index (χ0) is 43.5. The maximum atomic E-state index is 5.25. The topological polar surface area (TPSA) is 77.3 Å². The van der Waals surface area contributed by atoms with Crippen molar-refractivity contribution in [2.75, 3.05) is 0 Å². The van der Waals surface area contributed by atoms with Gasteiger partial charge in [0.15, 0.2) is 23.3 Å². The number of benzene rings is 8. The third kappa shape index (κ3) is 8.08. The van der Waals surface area contributed by atoms with E-state index >= 15 is 0 Å². The molecule has 0 aliphatic heterocycles. The van der Waals surface area contributed by atoms with Crippen molar-refractivity contribution in [1.29, 1.82) is 0 Å². The molecule has 11 rings (SSSR count). The van der Waals surface area contributed by atoms with E-state index in [4.69, 9.17) is 29.9 Å². The molecule has 0 amide bonds. The van der Waals surface area contributed by atoms with Crippen LogP contribution in [0.4, 0.5) is 0 Å². The number of hydrogen-bond donors (Lipinski definition) is 0. The minimum atomic E-state index is 0.599. The number of pyridine rings is 1. The van der Waals surface area contributed by atoms with Crippen LogP contribution in [0, 0.1) is 6.92 Å². The normalized spacial score (nSPS) is 11.2. The van der Waals surface area contributed by atoms with E-state index in [1.165, 1.54) is 5.39 Å². The Morgan fingerprint density at radius 2 is 0.723 bits per heavy atom. The van der Waals surface area contributed by atoms with Crippen molar-refractivity contribution in [2.24, 2.45) is 0 Å². The Labute approximate surface area is 377 Å². The van der Waals surface area contributed by atoms with E-state index in [1.54, 1.807) is 0 Å². The molecule has 0 aliphatic carbocycles. The molecule has 65 heavy (non-hydrogen) atoms. The summed E-state index contributed by atoms with van der Waals surface area (Å²) >= 11 is 0. The summed E-state index contributed by atoms with van der Waals surface area (Å²) in [5.74, 6) is 2.51. The van der Waals surface area contributed by atoms with Gasteiger partial charge in [-0.05, 0) is 76.3 Å². The van der Waals surface area contributed by atoms with Gasteiger partial charge in [0.05, 0.1) is 17.1 Å². The number of rotatable bonds is 9. The van der Waals surface area contributed by atoms with Gasteiger partial charge in [-0.3, -0.25) is 4.98 Å². The summed E-state index contributed by atoms with van der Waals surface area (Å²) < 4.78 is 0. The largest absolute Gasteiger partial charge is 0.253 e. The van der Waals surface area contributed by atoms with E-state index in [2.05, 4.69) is 152 Å². The fourth-order valence-electron chi connectivity index (χ4n) is 8.38. The Morgan fingerprint density at radius 1 is 0.231 bits per heavy atom. The highest BCUT2D eigenvalue weighted by Gasteiger charge is 2.19. The zero-order valence-corrected chi connectivity index (χ0v) is 35.5. The summed E-state index contributed by atoms with van der Waals surface area (Å²) in [6, 6.07) is 77.2. The number of aromatic nitrogens is 6. The second-order valence-corrected chi connectivity index (χ2v) is 16.0. The van der Waals surface area contributed by atoms with Crippen LogP contribution in [0.2, 0.25) is 0 Å². The first-order chi connectivity index (χ1) is 32.1. The molecule has 11 aromatic rings. The van der Waals surface area contributed by atoms with Crippen molar-refractivity contribution in [2.45, 2.75) is 6.92 Å². The van der Waals surface area contributed by atoms with Crippen LogP contribution >= 0.6 is 0 Å². The van der Waals surface area contributed by atoms with Crippen LogP contribution < -0.4 is 0 Å². The third-order valence-electron chi connectivity index (χ3n) is 11.6. The van der Waals surface area contributed by atoms with Gasteiger partial charge in [-0.25, -0.2) is 24.9 Å². The average molecular weight is 833 g/mol. The lowest BCUT2D eigenvalue weighted by atomic mass is 9.89. The van der Waals surface area contributed by atoms with Gasteiger partial charge in [0, 0.05) is 44.6 Å². The van der Waals surface area contributed by atoms with Gasteiger partial charge in [0.25, 0.3) is 0 Å². The molecule has 0 unspecified atom stereocenters. The second kappa shape index (κ2) is 17.2. The van der Waals surface area contributed by atoms with Gasteiger partial charge in [0.1, 0.15) is 0 Å². The highest BCUT2D eigenvalue weighted by Crippen LogP contribution is 2.41. The summed E-state index contributed by atoms with van der Waals surface area (Å²) in [6.45, 7) is 2.03. The number of aryl methyl sites for hydroxylation is 1. The number of hydrogen-bond acceptors (Lipinski definition) is 6. The van der Waals surface area contributed by atoms with Gasteiger partial charge in [0.2, 0.25) is 0 Å². The molecule has 6 heteroatoms. The summed E-state index contributed by atoms with van der Waals surface area (Å²) in [5.41, 5.74) is 14.4. The Hall–Kier alpha value is -8.74. The quantitative estimate of drug-likeness (QED) is 0.144. The molecule has 306 valence electrons. The maximum Gasteiger partial charge on any atom is 0.164 e. The van der Waals surface area contributed by atoms with Gasteiger partial charge < -0.3 is 0 Å². The molecule has 6 nitrogen and oxygen atoms in total. The molecule has 0 aliphatic rings. The maximum absolute atomic E-state index is 5.25. The molecule has 0 fully saturated rings. The lowest BCUT2D eigenvalue weighted by Crippen LogP contribution is -2.00. The van der Waals surface area contributed by atoms with Crippen molar-refractivity contribution in [3.8, 4) is 102 Å². The first-order valence-corrected chi connectivity index (χ1v) is 21.7. The Balaban J connectivity index is 1.06. The first kappa shape index (κ1) is 39.1. The van der Waals surface area contributed by atoms with Crippen LogP contribution in [0.5, 0.6) is 0 Å². The zero-order valence-electron chi connectivity index (χ0n) is 35.5. The highest BCUT2D eigenvalue weighted by atomic mass is 15.0. The molecule has 0 atom stereocenters. The lowest BCUT2D eigenvalue weighted by Gasteiger charge is -2.17. The van der Waals surface area contributed by atoms with Crippen LogP contribution in [0.1, 0.15) is 5.69 Å². The van der Waals surface area contributed by atoms with Crippen LogP contribution in [0.3, 0.4) is 0 Å². The summed E-state index contributed by atoms with van der Waals surface area (Å²) in [7, 11) is 0. The SMILES string of the molecule is Cc1cccc(-c2ccc(-c3cccc(-c4nc(-c5ccccc5)nc(-c5ccc6ccccc6c5)n4)c3)cc2-c2ccccc2-c2cc(-c3ccccc3)nc(-c3ccccc3)n2)n1. The summed E-state index contributed by atoms with van der Waals surface area (Å²) in [5, 5.41) is 2.29. The molecule has 8 aromatic carbocycles. The molecular weight excluding hydrogens is 793 g/mol. The fraction of sp³-hybridized carbons (Fsp3) is 0.0169. The van der Waals surface area contributed by atoms with E-state index in [9.17, 15) is 0 Å². The van der Waals surface area contributed by atoms with Crippen molar-refractivity contribution >= 4 is 10.8 Å². The van der Waals surface area contributed by atoms with Gasteiger partial charge in [-0.1, -0.05) is 188 Å². The van der Waals surface area contributed by atoms with Crippen LogP contribution in [-0.2, 0) is 0 Å². The Morgan fingerprint density at radius 3 is 1.43 bits per heavy atom. The van der Waals surface area contributed by atoms with Gasteiger partial charge in [-0.2, -0.15) is 0 Å². The first-order valence-electron chi connectivity index (χ1n) is 21.7. The number of fused-ring (bicyclic) bond motifs is 1. The molecule has 0 bridgehead atoms. The third-order valence-corrected chi connectivity index (χ3v) is 11.6. The van der Waals surface area contributed by atoms with E-state index in [0.717, 1.165) is 89.4 Å². The predicted molar refractivity (Wildman–Crippen MR) is 264 cm³/mol. The van der Waals surface area contributed by atoms with E-state index < -0.39 is 0 Å². The van der Waals surface area contributed by atoms with Crippen molar-refractivity contribution in [3.05, 3.63) is 230 Å². The Kier molecular flexibility index (Phi) is 10.4. The lowest BCUT2D eigenvalue weighted by molar-refractivity contribution is 1.07. The molecule has 3 heterocycles. The molecule has 0 spiro atoms. The minimum absolute atomic E-state index is 0.599. The monoisotopic (exact) mass is 832 g/mol. The van der Waals surface area contributed by atoms with Gasteiger partial charge >= 0.3 is 0 Å². The molecule has 0 N–H and O–H groups in total. The second-order valence-electron chi connectivity index (χ2n) is 16.0. The highest BCUT2D eigenvalue weighted by molar-refractivity contribution is 5.93. The summed E-state index contributed by atoms with van der Waals surface area (Å²) in [4.78, 5) is 30.6. The van der Waals surface area contributed by atoms with Crippen molar-refractivity contribution < 1.29 is 0 Å². The summed E-state index contributed by atoms with van der Waals surface area (Å²) in [6.07, 6.45) is 0. The van der Waals surface area contributed by atoms with Crippen molar-refractivity contribution in [3.63, 3.8) is 0 Å². The van der Waals surface area contributed by atoms with E-state index in [-0.39, 0.29) is 0 Å². The molecule has 3 aromatic heterocycles. The standard InChI is InChI=1S/C59H40N6/c1-39-17-15-30-53(60-39)51-34-33-46(37-52(51)49-28-13-14-29-50(49)55-38-54(41-19-5-2-6-20-41)61-56(62-55)42-21-7-3-8-22-42)45-26-16-27-47(36-45)58-63-57(43-23-9-4-10-24-43)64-59(65-58)48-32-31-40-18-11-12-25-44(40)35-48/h2-38H,1H3. The Bertz CT molecular complexity index is 3440. The smallest absolute Gasteiger partial charge is 0.164 e. The predicted octanol–water partition coefficient (Wildman–Crippen LogP) is 14.5. The van der Waals surface area contributed by atoms with Crippen molar-refractivity contribution in [1.82, 2.24) is 29.9 Å². The molecule has 0 saturated heterocycles. The minimum Gasteiger partial charge on any atom is -0.253 e. The van der Waals surface area contributed by atoms with E-state index in [0.29, 0.717) is 23.3 Å². The number of nitrogens with zero attached hydrogens (tertiary/aromatic N) is 6. The molecule has 0 radical (unpaired) electrons. The fourth-order valence-corrected chi connectivity index (χ4v) is 8.38. The van der Waals surface area contributed by atoms with E-state index in [1.807, 2.05) is 79.7 Å². The van der Waals surface area contributed by atoms with Crippen LogP contribution in [0.25, 0.3) is 112 Å². The van der Waals surface area contributed by atoms with Gasteiger partial charge in [-0.15, -0.1) is 0 Å². The average Bonchev–Trinajstić information content (AvgIpc) is 3.39. The van der Waals surface area contributed by atoms with Crippen LogP contribution in [0.15, 0.2) is 224 Å². The van der Waals surface area contributed by atoms with Crippen LogP contribution in [-0.4, -0.2) is 29.9 Å². The molecule has 0 saturated carbocycles. The molecular formula is C59H40N6.